The van der Waals surface area contributed by atoms with Gasteiger partial charge in [-0.1, -0.05) is 11.6 Å². The standard InChI is InChI=1S/C15H21ClN2O5S/c1-23-13-5-4-12(16)9-14(13)24(21,22)18-7-2-3-11(10-18)15(20)17-6-8-19/h4-5,9,11,19H,2-3,6-8,10H2,1H3,(H,17,20). The first-order chi connectivity index (χ1) is 11.4. The number of amides is 1. The van der Waals surface area contributed by atoms with Gasteiger partial charge < -0.3 is 15.2 Å². The molecule has 1 aliphatic heterocycles. The summed E-state index contributed by atoms with van der Waals surface area (Å²) in [4.78, 5) is 12.0. The largest absolute Gasteiger partial charge is 0.495 e. The second-order valence-corrected chi connectivity index (χ2v) is 7.85. The quantitative estimate of drug-likeness (QED) is 0.767. The lowest BCUT2D eigenvalue weighted by Crippen LogP contribution is -2.45. The van der Waals surface area contributed by atoms with Crippen LogP contribution < -0.4 is 10.1 Å². The Hall–Kier alpha value is -1.35. The van der Waals surface area contributed by atoms with E-state index in [0.29, 0.717) is 24.4 Å². The zero-order valence-corrected chi connectivity index (χ0v) is 14.9. The number of carbonyl (C=O) groups excluding carboxylic acids is 1. The third kappa shape index (κ3) is 4.18. The molecule has 1 aliphatic rings. The lowest BCUT2D eigenvalue weighted by molar-refractivity contribution is -0.126. The molecule has 7 nitrogen and oxygen atoms in total. The minimum Gasteiger partial charge on any atom is -0.495 e. The van der Waals surface area contributed by atoms with E-state index in [1.165, 1.54) is 23.5 Å². The van der Waals surface area contributed by atoms with Crippen molar-refractivity contribution in [1.29, 1.82) is 0 Å². The fourth-order valence-corrected chi connectivity index (χ4v) is 4.63. The number of nitrogens with zero attached hydrogens (tertiary/aromatic N) is 1. The van der Waals surface area contributed by atoms with Crippen LogP contribution in [-0.2, 0) is 14.8 Å². The van der Waals surface area contributed by atoms with E-state index in [1.54, 1.807) is 6.07 Å². The number of methoxy groups -OCH3 is 1. The molecule has 2 rings (SSSR count). The summed E-state index contributed by atoms with van der Waals surface area (Å²) in [6.07, 6.45) is 1.19. The normalized spacial score (nSPS) is 19.0. The van der Waals surface area contributed by atoms with Crippen LogP contribution in [0.5, 0.6) is 5.75 Å². The third-order valence-electron chi connectivity index (χ3n) is 3.91. The maximum Gasteiger partial charge on any atom is 0.246 e. The Kier molecular flexibility index (Phi) is 6.45. The zero-order valence-electron chi connectivity index (χ0n) is 13.4. The predicted octanol–water partition coefficient (Wildman–Crippen LogP) is 0.858. The minimum atomic E-state index is -3.82. The molecule has 0 saturated carbocycles. The molecular weight excluding hydrogens is 356 g/mol. The number of hydrogen-bond acceptors (Lipinski definition) is 5. The van der Waals surface area contributed by atoms with Crippen molar-refractivity contribution in [2.75, 3.05) is 33.4 Å². The van der Waals surface area contributed by atoms with Gasteiger partial charge in [-0.05, 0) is 31.0 Å². The molecule has 1 saturated heterocycles. The molecule has 1 aromatic carbocycles. The van der Waals surface area contributed by atoms with Gasteiger partial charge in [-0.25, -0.2) is 8.42 Å². The molecular formula is C15H21ClN2O5S. The second-order valence-electron chi connectivity index (χ2n) is 5.51. The van der Waals surface area contributed by atoms with Crippen molar-refractivity contribution in [3.63, 3.8) is 0 Å². The average Bonchev–Trinajstić information content (AvgIpc) is 2.59. The number of piperidine rings is 1. The van der Waals surface area contributed by atoms with Gasteiger partial charge in [0.25, 0.3) is 0 Å². The first kappa shape index (κ1) is 19.0. The highest BCUT2D eigenvalue weighted by molar-refractivity contribution is 7.89. The van der Waals surface area contributed by atoms with Crippen LogP contribution in [0.4, 0.5) is 0 Å². The van der Waals surface area contributed by atoms with E-state index in [0.717, 1.165) is 0 Å². The van der Waals surface area contributed by atoms with Crippen molar-refractivity contribution in [2.24, 2.45) is 5.92 Å². The number of hydrogen-bond donors (Lipinski definition) is 2. The molecule has 0 bridgehead atoms. The average molecular weight is 377 g/mol. The highest BCUT2D eigenvalue weighted by Gasteiger charge is 2.34. The second kappa shape index (κ2) is 8.15. The topological polar surface area (TPSA) is 95.9 Å². The number of aliphatic hydroxyl groups excluding tert-OH is 1. The highest BCUT2D eigenvalue weighted by Crippen LogP contribution is 2.31. The van der Waals surface area contributed by atoms with Gasteiger partial charge in [-0.2, -0.15) is 4.31 Å². The number of ether oxygens (including phenoxy) is 1. The fraction of sp³-hybridized carbons (Fsp3) is 0.533. The molecule has 1 unspecified atom stereocenters. The van der Waals surface area contributed by atoms with Crippen LogP contribution in [0.2, 0.25) is 5.02 Å². The molecule has 24 heavy (non-hydrogen) atoms. The van der Waals surface area contributed by atoms with Crippen LogP contribution in [0, 0.1) is 5.92 Å². The smallest absolute Gasteiger partial charge is 0.246 e. The molecule has 0 aromatic heterocycles. The van der Waals surface area contributed by atoms with E-state index >= 15 is 0 Å². The Morgan fingerprint density at radius 1 is 1.50 bits per heavy atom. The molecule has 0 aliphatic carbocycles. The Morgan fingerprint density at radius 3 is 2.92 bits per heavy atom. The lowest BCUT2D eigenvalue weighted by atomic mass is 9.99. The van der Waals surface area contributed by atoms with E-state index in [4.69, 9.17) is 21.4 Å². The molecule has 1 atom stereocenters. The summed E-state index contributed by atoms with van der Waals surface area (Å²) in [7, 11) is -2.43. The third-order valence-corrected chi connectivity index (χ3v) is 6.03. The van der Waals surface area contributed by atoms with E-state index in [-0.39, 0.29) is 36.2 Å². The van der Waals surface area contributed by atoms with Crippen molar-refractivity contribution >= 4 is 27.5 Å². The fourth-order valence-electron chi connectivity index (χ4n) is 2.69. The Balaban J connectivity index is 2.23. The van der Waals surface area contributed by atoms with Crippen LogP contribution in [0.25, 0.3) is 0 Å². The summed E-state index contributed by atoms with van der Waals surface area (Å²) in [5.74, 6) is -0.474. The summed E-state index contributed by atoms with van der Waals surface area (Å²) in [6.45, 7) is 0.432. The van der Waals surface area contributed by atoms with Gasteiger partial charge in [0.15, 0.2) is 0 Å². The number of aliphatic hydroxyl groups is 1. The SMILES string of the molecule is COc1ccc(Cl)cc1S(=O)(=O)N1CCCC(C(=O)NCCO)C1. The van der Waals surface area contributed by atoms with Gasteiger partial charge >= 0.3 is 0 Å². The molecule has 1 fully saturated rings. The molecule has 1 heterocycles. The van der Waals surface area contributed by atoms with Crippen LogP contribution >= 0.6 is 11.6 Å². The summed E-state index contributed by atoms with van der Waals surface area (Å²) in [6, 6.07) is 4.41. The van der Waals surface area contributed by atoms with Gasteiger partial charge in [0, 0.05) is 24.7 Å². The number of sulfonamides is 1. The zero-order chi connectivity index (χ0) is 17.7. The first-order valence-electron chi connectivity index (χ1n) is 7.62. The highest BCUT2D eigenvalue weighted by atomic mass is 35.5. The van der Waals surface area contributed by atoms with E-state index in [1.807, 2.05) is 0 Å². The van der Waals surface area contributed by atoms with Gasteiger partial charge in [-0.3, -0.25) is 4.79 Å². The van der Waals surface area contributed by atoms with Gasteiger partial charge in [0.2, 0.25) is 15.9 Å². The summed E-state index contributed by atoms with van der Waals surface area (Å²) in [5.41, 5.74) is 0. The monoisotopic (exact) mass is 376 g/mol. The van der Waals surface area contributed by atoms with Gasteiger partial charge in [0.1, 0.15) is 10.6 Å². The van der Waals surface area contributed by atoms with E-state index < -0.39 is 15.9 Å². The van der Waals surface area contributed by atoms with Crippen LogP contribution in [0.1, 0.15) is 12.8 Å². The first-order valence-corrected chi connectivity index (χ1v) is 9.44. The maximum absolute atomic E-state index is 12.9. The number of benzene rings is 1. The van der Waals surface area contributed by atoms with E-state index in [9.17, 15) is 13.2 Å². The van der Waals surface area contributed by atoms with Gasteiger partial charge in [-0.15, -0.1) is 0 Å². The molecule has 1 aromatic rings. The molecule has 9 heteroatoms. The Bertz CT molecular complexity index is 695. The van der Waals surface area contributed by atoms with Crippen LogP contribution in [-0.4, -0.2) is 57.1 Å². The van der Waals surface area contributed by atoms with E-state index in [2.05, 4.69) is 5.32 Å². The summed E-state index contributed by atoms with van der Waals surface area (Å²) < 4.78 is 32.3. The molecule has 134 valence electrons. The molecule has 0 spiro atoms. The van der Waals surface area contributed by atoms with Crippen molar-refractivity contribution < 1.29 is 23.1 Å². The Labute approximate surface area is 146 Å². The lowest BCUT2D eigenvalue weighted by Gasteiger charge is -2.31. The molecule has 1 amide bonds. The number of rotatable bonds is 6. The van der Waals surface area contributed by atoms with Crippen molar-refractivity contribution in [1.82, 2.24) is 9.62 Å². The summed E-state index contributed by atoms with van der Waals surface area (Å²) in [5, 5.41) is 11.7. The van der Waals surface area contributed by atoms with Crippen molar-refractivity contribution in [3.05, 3.63) is 23.2 Å². The number of halogens is 1. The van der Waals surface area contributed by atoms with Gasteiger partial charge in [0.05, 0.1) is 19.6 Å². The van der Waals surface area contributed by atoms with Crippen LogP contribution in [0.3, 0.4) is 0 Å². The van der Waals surface area contributed by atoms with Crippen molar-refractivity contribution in [2.45, 2.75) is 17.7 Å². The molecule has 0 radical (unpaired) electrons. The minimum absolute atomic E-state index is 0.00563. The Morgan fingerprint density at radius 2 is 2.25 bits per heavy atom. The number of carbonyl (C=O) groups is 1. The summed E-state index contributed by atoms with van der Waals surface area (Å²) >= 11 is 5.93. The predicted molar refractivity (Wildman–Crippen MR) is 89.6 cm³/mol. The van der Waals surface area contributed by atoms with Crippen LogP contribution in [0.15, 0.2) is 23.1 Å². The maximum atomic E-state index is 12.9. The molecule has 2 N–H and O–H groups in total. The number of nitrogens with one attached hydrogen (secondary N) is 1. The van der Waals surface area contributed by atoms with Crippen molar-refractivity contribution in [3.8, 4) is 5.75 Å².